The van der Waals surface area contributed by atoms with Crippen molar-refractivity contribution in [3.8, 4) is 16.9 Å². The SMILES string of the molecule is C=CC(=O)N1CCN(c2nc(=O)n(-c3c(Cl)ccnc3S(C)(=O)=O)c3nc(-c4c(N)cccc4F)c(F)cc23)[C@@H](C)C1. The second-order valence-corrected chi connectivity index (χ2v) is 12.0. The third kappa shape index (κ3) is 4.96. The van der Waals surface area contributed by atoms with Crippen LogP contribution in [-0.2, 0) is 14.6 Å². The Hall–Kier alpha value is -4.43. The van der Waals surface area contributed by atoms with E-state index >= 15 is 4.39 Å². The lowest BCUT2D eigenvalue weighted by Gasteiger charge is -2.40. The summed E-state index contributed by atoms with van der Waals surface area (Å²) in [6, 6.07) is 5.70. The Kier molecular flexibility index (Phi) is 7.45. The molecule has 0 radical (unpaired) electrons. The summed E-state index contributed by atoms with van der Waals surface area (Å²) >= 11 is 6.42. The molecule has 4 heterocycles. The number of fused-ring (bicyclic) bond motifs is 1. The van der Waals surface area contributed by atoms with E-state index in [1.165, 1.54) is 24.3 Å². The second-order valence-electron chi connectivity index (χ2n) is 9.70. The Labute approximate surface area is 243 Å². The van der Waals surface area contributed by atoms with Crippen LogP contribution in [-0.4, -0.2) is 70.7 Å². The molecule has 1 saturated heterocycles. The first-order valence-corrected chi connectivity index (χ1v) is 14.8. The molecular weight excluding hydrogens is 592 g/mol. The van der Waals surface area contributed by atoms with E-state index in [0.29, 0.717) is 0 Å². The summed E-state index contributed by atoms with van der Waals surface area (Å²) in [6.07, 6.45) is 3.24. The fourth-order valence-corrected chi connectivity index (χ4v) is 6.07. The molecule has 1 amide bonds. The molecule has 1 aliphatic rings. The van der Waals surface area contributed by atoms with E-state index in [0.717, 1.165) is 29.2 Å². The number of carbonyl (C=O) groups is 1. The lowest BCUT2D eigenvalue weighted by molar-refractivity contribution is -0.126. The second kappa shape index (κ2) is 10.8. The smallest absolute Gasteiger partial charge is 0.355 e. The predicted molar refractivity (Wildman–Crippen MR) is 154 cm³/mol. The molecule has 42 heavy (non-hydrogen) atoms. The summed E-state index contributed by atoms with van der Waals surface area (Å²) in [4.78, 5) is 41.7. The number of nitrogen functional groups attached to an aromatic ring is 1. The monoisotopic (exact) mass is 615 g/mol. The predicted octanol–water partition coefficient (Wildman–Crippen LogP) is 2.98. The number of aromatic nitrogens is 4. The number of nitrogens with zero attached hydrogens (tertiary/aromatic N) is 6. The van der Waals surface area contributed by atoms with Gasteiger partial charge in [0, 0.05) is 43.8 Å². The van der Waals surface area contributed by atoms with Crippen LogP contribution in [0.25, 0.3) is 28.0 Å². The molecule has 1 fully saturated rings. The fourth-order valence-electron chi connectivity index (χ4n) is 4.98. The maximum absolute atomic E-state index is 15.8. The minimum absolute atomic E-state index is 0.000443. The first-order valence-electron chi connectivity index (χ1n) is 12.5. The number of halogens is 3. The number of sulfone groups is 1. The van der Waals surface area contributed by atoms with Gasteiger partial charge in [-0.3, -0.25) is 4.79 Å². The number of rotatable bonds is 5. The van der Waals surface area contributed by atoms with Crippen LogP contribution in [0, 0.1) is 11.6 Å². The van der Waals surface area contributed by atoms with Gasteiger partial charge in [-0.2, -0.15) is 4.98 Å². The largest absolute Gasteiger partial charge is 0.398 e. The van der Waals surface area contributed by atoms with Gasteiger partial charge in [0.1, 0.15) is 23.0 Å². The first-order chi connectivity index (χ1) is 19.8. The molecule has 1 aromatic carbocycles. The topological polar surface area (TPSA) is 144 Å². The van der Waals surface area contributed by atoms with Gasteiger partial charge in [-0.25, -0.2) is 36.5 Å². The van der Waals surface area contributed by atoms with Crippen LogP contribution in [0.1, 0.15) is 6.92 Å². The van der Waals surface area contributed by atoms with E-state index in [4.69, 9.17) is 17.3 Å². The Morgan fingerprint density at radius 1 is 1.19 bits per heavy atom. The number of benzene rings is 1. The molecule has 218 valence electrons. The Balaban J connectivity index is 1.86. The van der Waals surface area contributed by atoms with Gasteiger partial charge < -0.3 is 15.5 Å². The zero-order valence-corrected chi connectivity index (χ0v) is 24.0. The Morgan fingerprint density at radius 2 is 1.93 bits per heavy atom. The van der Waals surface area contributed by atoms with Gasteiger partial charge in [0.15, 0.2) is 26.3 Å². The highest BCUT2D eigenvalue weighted by atomic mass is 35.5. The molecule has 5 rings (SSSR count). The lowest BCUT2D eigenvalue weighted by Crippen LogP contribution is -2.54. The molecule has 0 spiro atoms. The van der Waals surface area contributed by atoms with Crippen molar-refractivity contribution in [3.63, 3.8) is 0 Å². The van der Waals surface area contributed by atoms with Crippen LogP contribution >= 0.6 is 11.6 Å². The lowest BCUT2D eigenvalue weighted by atomic mass is 10.1. The minimum Gasteiger partial charge on any atom is -0.398 e. The van der Waals surface area contributed by atoms with E-state index in [-0.39, 0.29) is 70.4 Å². The van der Waals surface area contributed by atoms with E-state index < -0.39 is 37.9 Å². The van der Waals surface area contributed by atoms with Crippen molar-refractivity contribution < 1.29 is 22.0 Å². The number of hydrogen-bond acceptors (Lipinski definition) is 9. The van der Waals surface area contributed by atoms with Crippen LogP contribution in [0.15, 0.2) is 59.0 Å². The summed E-state index contributed by atoms with van der Waals surface area (Å²) < 4.78 is 56.9. The zero-order valence-electron chi connectivity index (χ0n) is 22.4. The van der Waals surface area contributed by atoms with E-state index in [2.05, 4.69) is 21.5 Å². The van der Waals surface area contributed by atoms with Crippen LogP contribution in [0.3, 0.4) is 0 Å². The molecule has 4 aromatic rings. The Bertz CT molecular complexity index is 1930. The van der Waals surface area contributed by atoms with Gasteiger partial charge in [-0.1, -0.05) is 24.2 Å². The highest BCUT2D eigenvalue weighted by molar-refractivity contribution is 7.90. The third-order valence-corrected chi connectivity index (χ3v) is 8.19. The molecule has 0 unspecified atom stereocenters. The van der Waals surface area contributed by atoms with Gasteiger partial charge in [0.2, 0.25) is 5.91 Å². The van der Waals surface area contributed by atoms with E-state index in [1.54, 1.807) is 16.7 Å². The van der Waals surface area contributed by atoms with E-state index in [9.17, 15) is 22.4 Å². The normalized spacial score (nSPS) is 15.7. The van der Waals surface area contributed by atoms with E-state index in [1.807, 2.05) is 0 Å². The highest BCUT2D eigenvalue weighted by Crippen LogP contribution is 2.36. The summed E-state index contributed by atoms with van der Waals surface area (Å²) in [5, 5.41) is -0.720. The quantitative estimate of drug-likeness (QED) is 0.265. The molecule has 3 aromatic heterocycles. The zero-order chi connectivity index (χ0) is 30.5. The number of nitrogens with two attached hydrogens (primary N) is 1. The first kappa shape index (κ1) is 29.1. The molecule has 1 atom stereocenters. The molecule has 1 aliphatic heterocycles. The van der Waals surface area contributed by atoms with Crippen LogP contribution in [0.4, 0.5) is 20.3 Å². The van der Waals surface area contributed by atoms with Crippen LogP contribution in [0.2, 0.25) is 5.02 Å². The molecule has 0 saturated carbocycles. The van der Waals surface area contributed by atoms with Crippen LogP contribution in [0.5, 0.6) is 0 Å². The maximum atomic E-state index is 15.8. The molecule has 2 N–H and O–H groups in total. The maximum Gasteiger partial charge on any atom is 0.355 e. The molecule has 11 nitrogen and oxygen atoms in total. The standard InChI is InChI=1S/C27H24ClF2N7O4S/c1-4-20(38)35-10-11-36(14(2)13-35)24-15-12-18(30)22(21-17(29)6-5-7-19(21)31)33-25(15)37(27(39)34-24)23-16(28)8-9-32-26(23)42(3,40)41/h4-9,12,14H,1,10-11,13,31H2,2-3H3/t14-/m0/s1. The summed E-state index contributed by atoms with van der Waals surface area (Å²) in [7, 11) is -4.05. The van der Waals surface area contributed by atoms with Crippen molar-refractivity contribution in [2.45, 2.75) is 18.0 Å². The summed E-state index contributed by atoms with van der Waals surface area (Å²) in [5.41, 5.74) is 3.39. The minimum atomic E-state index is -4.05. The number of hydrogen-bond donors (Lipinski definition) is 1. The third-order valence-electron chi connectivity index (χ3n) is 6.89. The van der Waals surface area contributed by atoms with Gasteiger partial charge in [-0.15, -0.1) is 0 Å². The molecule has 0 aliphatic carbocycles. The van der Waals surface area contributed by atoms with Gasteiger partial charge in [0.25, 0.3) is 0 Å². The fraction of sp³-hybridized carbons (Fsp3) is 0.222. The van der Waals surface area contributed by atoms with Crippen molar-refractivity contribution >= 4 is 49.9 Å². The molecule has 15 heteroatoms. The van der Waals surface area contributed by atoms with Gasteiger partial charge in [-0.05, 0) is 37.3 Å². The summed E-state index contributed by atoms with van der Waals surface area (Å²) in [6.45, 7) is 6.03. The van der Waals surface area contributed by atoms with Gasteiger partial charge in [0.05, 0.1) is 16.0 Å². The highest BCUT2D eigenvalue weighted by Gasteiger charge is 2.31. The number of pyridine rings is 2. The number of piperazine rings is 1. The van der Waals surface area contributed by atoms with Gasteiger partial charge >= 0.3 is 5.69 Å². The number of anilines is 2. The van der Waals surface area contributed by atoms with Crippen molar-refractivity contribution in [3.05, 3.63) is 76.3 Å². The summed E-state index contributed by atoms with van der Waals surface area (Å²) in [5.74, 6) is -2.07. The van der Waals surface area contributed by atoms with Crippen molar-refractivity contribution in [1.82, 2.24) is 24.4 Å². The van der Waals surface area contributed by atoms with Crippen molar-refractivity contribution in [2.24, 2.45) is 0 Å². The average molecular weight is 616 g/mol. The van der Waals surface area contributed by atoms with Crippen LogP contribution < -0.4 is 16.3 Å². The van der Waals surface area contributed by atoms with Crippen molar-refractivity contribution in [1.29, 1.82) is 0 Å². The number of carbonyl (C=O) groups excluding carboxylic acids is 1. The Morgan fingerprint density at radius 3 is 2.57 bits per heavy atom. The number of amides is 1. The van der Waals surface area contributed by atoms with Crippen molar-refractivity contribution in [2.75, 3.05) is 36.5 Å². The average Bonchev–Trinajstić information content (AvgIpc) is 2.92. The molecule has 0 bridgehead atoms. The molecular formula is C27H24ClF2N7O4S.